The van der Waals surface area contributed by atoms with Gasteiger partial charge in [0.25, 0.3) is 0 Å². The molecule has 1 unspecified atom stereocenters. The lowest BCUT2D eigenvalue weighted by Gasteiger charge is -2.41. The number of likely N-dealkylation sites (tertiary alicyclic amines) is 1. The van der Waals surface area contributed by atoms with Gasteiger partial charge in [-0.2, -0.15) is 13.2 Å². The number of carbonyl (C=O) groups excluding carboxylic acids is 1. The number of nitrogens with zero attached hydrogens (tertiary/aromatic N) is 3. The zero-order chi connectivity index (χ0) is 17.5. The summed E-state index contributed by atoms with van der Waals surface area (Å²) in [5.41, 5.74) is 5.33. The molecule has 1 aromatic heterocycles. The van der Waals surface area contributed by atoms with E-state index in [0.717, 1.165) is 25.2 Å². The highest BCUT2D eigenvalue weighted by atomic mass is 35.5. The predicted octanol–water partition coefficient (Wildman–Crippen LogP) is 2.28. The van der Waals surface area contributed by atoms with E-state index in [1.54, 1.807) is 4.90 Å². The molecule has 0 saturated carbocycles. The fraction of sp³-hybridized carbons (Fsp3) is 0.600. The zero-order valence-corrected chi connectivity index (χ0v) is 13.6. The summed E-state index contributed by atoms with van der Waals surface area (Å²) >= 11 is 5.99. The average molecular weight is 363 g/mol. The molecule has 0 radical (unpaired) electrons. The summed E-state index contributed by atoms with van der Waals surface area (Å²) in [7, 11) is 0. The lowest BCUT2D eigenvalue weighted by molar-refractivity contribution is -0.137. The van der Waals surface area contributed by atoms with E-state index in [2.05, 4.69) is 4.98 Å². The lowest BCUT2D eigenvalue weighted by Crippen LogP contribution is -2.58. The quantitative estimate of drug-likeness (QED) is 0.876. The van der Waals surface area contributed by atoms with Gasteiger partial charge in [-0.25, -0.2) is 4.98 Å². The number of pyridine rings is 1. The van der Waals surface area contributed by atoms with Crippen LogP contribution in [0.2, 0.25) is 5.02 Å². The molecule has 3 heterocycles. The van der Waals surface area contributed by atoms with Crippen molar-refractivity contribution in [1.29, 1.82) is 0 Å². The van der Waals surface area contributed by atoms with Crippen LogP contribution in [0.5, 0.6) is 0 Å². The van der Waals surface area contributed by atoms with Gasteiger partial charge in [-0.15, -0.1) is 0 Å². The summed E-state index contributed by atoms with van der Waals surface area (Å²) in [6.45, 7) is 1.66. The minimum atomic E-state index is -4.48. The maximum Gasteiger partial charge on any atom is 0.417 e. The Morgan fingerprint density at radius 1 is 1.33 bits per heavy atom. The number of rotatable bonds is 2. The molecule has 132 valence electrons. The van der Waals surface area contributed by atoms with Crippen LogP contribution in [0.15, 0.2) is 12.3 Å². The van der Waals surface area contributed by atoms with Crippen LogP contribution in [-0.2, 0) is 11.0 Å². The van der Waals surface area contributed by atoms with Crippen molar-refractivity contribution >= 4 is 23.3 Å². The second kappa shape index (κ2) is 6.40. The van der Waals surface area contributed by atoms with E-state index in [1.807, 2.05) is 4.90 Å². The van der Waals surface area contributed by atoms with Gasteiger partial charge in [0.1, 0.15) is 5.82 Å². The molecular formula is C15H18ClF3N4O. The third-order valence-corrected chi connectivity index (χ3v) is 4.86. The number of halogens is 4. The Morgan fingerprint density at radius 3 is 2.62 bits per heavy atom. The maximum absolute atomic E-state index is 12.7. The van der Waals surface area contributed by atoms with Gasteiger partial charge in [-0.3, -0.25) is 4.79 Å². The Morgan fingerprint density at radius 2 is 2.08 bits per heavy atom. The van der Waals surface area contributed by atoms with Gasteiger partial charge in [-0.05, 0) is 18.9 Å². The number of anilines is 1. The fourth-order valence-corrected chi connectivity index (χ4v) is 3.67. The highest BCUT2D eigenvalue weighted by molar-refractivity contribution is 6.33. The van der Waals surface area contributed by atoms with Gasteiger partial charge in [0, 0.05) is 38.3 Å². The molecule has 2 aliphatic rings. The van der Waals surface area contributed by atoms with Crippen molar-refractivity contribution in [2.45, 2.75) is 37.5 Å². The molecule has 5 nitrogen and oxygen atoms in total. The summed E-state index contributed by atoms with van der Waals surface area (Å²) in [4.78, 5) is 19.4. The van der Waals surface area contributed by atoms with Gasteiger partial charge in [0.05, 0.1) is 16.6 Å². The Bertz CT molecular complexity index is 640. The van der Waals surface area contributed by atoms with Gasteiger partial charge in [0.2, 0.25) is 5.91 Å². The topological polar surface area (TPSA) is 62.5 Å². The fourth-order valence-electron chi connectivity index (χ4n) is 3.39. The normalized spacial score (nSPS) is 25.5. The van der Waals surface area contributed by atoms with Crippen molar-refractivity contribution in [2.75, 3.05) is 24.5 Å². The number of amides is 1. The SMILES string of the molecule is N[C@@H]1CN(c2ncc(C(F)(F)F)cc2Cl)CCC1N1CCCC1=O. The van der Waals surface area contributed by atoms with Gasteiger partial charge < -0.3 is 15.5 Å². The predicted molar refractivity (Wildman–Crippen MR) is 83.8 cm³/mol. The van der Waals surface area contributed by atoms with Crippen LogP contribution in [0, 0.1) is 0 Å². The van der Waals surface area contributed by atoms with E-state index in [-0.39, 0.29) is 23.0 Å². The Kier molecular flexibility index (Phi) is 4.61. The third kappa shape index (κ3) is 3.30. The highest BCUT2D eigenvalue weighted by Crippen LogP contribution is 2.34. The first-order valence-corrected chi connectivity index (χ1v) is 8.18. The first-order valence-electron chi connectivity index (χ1n) is 7.80. The molecule has 1 aromatic rings. The van der Waals surface area contributed by atoms with Crippen LogP contribution < -0.4 is 10.6 Å². The molecule has 2 fully saturated rings. The van der Waals surface area contributed by atoms with Crippen molar-refractivity contribution in [2.24, 2.45) is 5.73 Å². The van der Waals surface area contributed by atoms with Crippen LogP contribution >= 0.6 is 11.6 Å². The smallest absolute Gasteiger partial charge is 0.354 e. The molecular weight excluding hydrogens is 345 g/mol. The molecule has 2 aliphatic heterocycles. The van der Waals surface area contributed by atoms with E-state index in [0.29, 0.717) is 31.7 Å². The van der Waals surface area contributed by atoms with Crippen molar-refractivity contribution in [3.05, 3.63) is 22.8 Å². The van der Waals surface area contributed by atoms with Crippen LogP contribution in [-0.4, -0.2) is 47.5 Å². The van der Waals surface area contributed by atoms with Gasteiger partial charge >= 0.3 is 6.18 Å². The molecule has 1 amide bonds. The molecule has 0 aromatic carbocycles. The standard InChI is InChI=1S/C15H18ClF3N4O/c16-10-6-9(15(17,18)19)7-21-14(10)22-5-3-12(11(20)8-22)23-4-1-2-13(23)24/h6-7,11-12H,1-5,8,20H2/t11-,12?/m1/s1. The summed E-state index contributed by atoms with van der Waals surface area (Å²) in [6.07, 6.45) is -1.65. The highest BCUT2D eigenvalue weighted by Gasteiger charge is 2.37. The molecule has 0 aliphatic carbocycles. The Balaban J connectivity index is 1.73. The molecule has 0 spiro atoms. The van der Waals surface area contributed by atoms with Gasteiger partial charge in [-0.1, -0.05) is 11.6 Å². The number of alkyl halides is 3. The number of aromatic nitrogens is 1. The molecule has 24 heavy (non-hydrogen) atoms. The number of piperidine rings is 1. The van der Waals surface area contributed by atoms with E-state index in [1.165, 1.54) is 0 Å². The molecule has 2 saturated heterocycles. The first-order chi connectivity index (χ1) is 11.3. The molecule has 9 heteroatoms. The Labute approximate surface area is 142 Å². The van der Waals surface area contributed by atoms with Crippen molar-refractivity contribution in [3.63, 3.8) is 0 Å². The maximum atomic E-state index is 12.7. The molecule has 3 rings (SSSR count). The second-order valence-electron chi connectivity index (χ2n) is 6.18. The summed E-state index contributed by atoms with van der Waals surface area (Å²) < 4.78 is 38.1. The van der Waals surface area contributed by atoms with E-state index < -0.39 is 11.7 Å². The number of hydrogen-bond acceptors (Lipinski definition) is 4. The minimum absolute atomic E-state index is 0.0375. The third-order valence-electron chi connectivity index (χ3n) is 4.58. The monoisotopic (exact) mass is 362 g/mol. The second-order valence-corrected chi connectivity index (χ2v) is 6.59. The summed E-state index contributed by atoms with van der Waals surface area (Å²) in [6, 6.07) is 0.552. The van der Waals surface area contributed by atoms with Crippen molar-refractivity contribution < 1.29 is 18.0 Å². The van der Waals surface area contributed by atoms with E-state index in [4.69, 9.17) is 17.3 Å². The first kappa shape index (κ1) is 17.3. The summed E-state index contributed by atoms with van der Waals surface area (Å²) in [5.74, 6) is 0.418. The molecule has 0 bridgehead atoms. The van der Waals surface area contributed by atoms with E-state index >= 15 is 0 Å². The summed E-state index contributed by atoms with van der Waals surface area (Å²) in [5, 5.41) is -0.0484. The van der Waals surface area contributed by atoms with E-state index in [9.17, 15) is 18.0 Å². The average Bonchev–Trinajstić information content (AvgIpc) is 2.92. The number of carbonyl (C=O) groups is 1. The largest absolute Gasteiger partial charge is 0.417 e. The Hall–Kier alpha value is -1.54. The zero-order valence-electron chi connectivity index (χ0n) is 12.9. The van der Waals surface area contributed by atoms with Crippen LogP contribution in [0.1, 0.15) is 24.8 Å². The number of hydrogen-bond donors (Lipinski definition) is 1. The van der Waals surface area contributed by atoms with Crippen molar-refractivity contribution in [3.8, 4) is 0 Å². The molecule has 2 N–H and O–H groups in total. The lowest BCUT2D eigenvalue weighted by atomic mass is 9.98. The number of nitrogens with two attached hydrogens (primary N) is 1. The van der Waals surface area contributed by atoms with Crippen LogP contribution in [0.25, 0.3) is 0 Å². The van der Waals surface area contributed by atoms with Gasteiger partial charge in [0.15, 0.2) is 0 Å². The van der Waals surface area contributed by atoms with Crippen LogP contribution in [0.3, 0.4) is 0 Å². The van der Waals surface area contributed by atoms with Crippen molar-refractivity contribution in [1.82, 2.24) is 9.88 Å². The molecule has 2 atom stereocenters. The minimum Gasteiger partial charge on any atom is -0.354 e. The van der Waals surface area contributed by atoms with Crippen LogP contribution in [0.4, 0.5) is 19.0 Å².